The second kappa shape index (κ2) is 21.4. The Balaban J connectivity index is 1.02. The lowest BCUT2D eigenvalue weighted by atomic mass is 10.1. The van der Waals surface area contributed by atoms with Crippen LogP contribution in [-0.2, 0) is 47.6 Å². The van der Waals surface area contributed by atoms with Crippen LogP contribution in [0.1, 0.15) is 68.3 Å². The first-order chi connectivity index (χ1) is 31.0. The van der Waals surface area contributed by atoms with Crippen LogP contribution in [0.3, 0.4) is 0 Å². The number of amides is 1. The van der Waals surface area contributed by atoms with Crippen molar-refractivity contribution < 1.29 is 52.0 Å². The molecular weight excluding hydrogens is 890 g/mol. The van der Waals surface area contributed by atoms with Gasteiger partial charge < -0.3 is 39.5 Å². The first-order valence-electron chi connectivity index (χ1n) is 20.0. The highest BCUT2D eigenvalue weighted by Gasteiger charge is 2.39. The molecule has 0 saturated carbocycles. The molecule has 3 aromatic heterocycles. The van der Waals surface area contributed by atoms with Gasteiger partial charge in [-0.1, -0.05) is 5.11 Å². The summed E-state index contributed by atoms with van der Waals surface area (Å²) in [6, 6.07) is -0.933. The molecule has 5 N–H and O–H groups in total. The SMILES string of the molecule is Cc1cn([C@H]2C[C@H](N=[N+]=[N-])[C@@H](COC(=O)CCC(NC(=O)CCC(=O)OC[C@H]3O[C@@H](n4cc(C)c(=O)[nH]c4=O)C[C@@H]3F)C(=O)OC[C@@H]3O[C@H](n4ccc(N)nc4=O)CS3)O2)c(=O)[nH]c1=O. The maximum absolute atomic E-state index is 14.8. The number of hydrogen-bond donors (Lipinski definition) is 4. The molecule has 0 spiro atoms. The minimum atomic E-state index is -1.64. The van der Waals surface area contributed by atoms with Gasteiger partial charge in [0.15, 0.2) is 0 Å². The number of hydrogen-bond acceptors (Lipinski definition) is 19. The first kappa shape index (κ1) is 47.9. The number of ether oxygens (including phenoxy) is 6. The minimum Gasteiger partial charge on any atom is -0.463 e. The number of thioether (sulfide) groups is 1. The smallest absolute Gasteiger partial charge is 0.351 e. The van der Waals surface area contributed by atoms with Gasteiger partial charge in [-0.2, -0.15) is 4.98 Å². The van der Waals surface area contributed by atoms with E-state index in [0.29, 0.717) is 0 Å². The van der Waals surface area contributed by atoms with E-state index in [4.69, 9.17) is 39.7 Å². The molecule has 0 bridgehead atoms. The predicted octanol–water partition coefficient (Wildman–Crippen LogP) is -0.602. The fraction of sp³-hybridized carbons (Fsp3) is 0.568. The number of aryl methyl sites for hydroxylation is 2. The fourth-order valence-corrected chi connectivity index (χ4v) is 7.88. The third-order valence-electron chi connectivity index (χ3n) is 10.4. The minimum absolute atomic E-state index is 0.00807. The highest BCUT2D eigenvalue weighted by atomic mass is 32.2. The summed E-state index contributed by atoms with van der Waals surface area (Å²) in [5.74, 6) is -3.30. The zero-order valence-electron chi connectivity index (χ0n) is 34.7. The molecule has 0 radical (unpaired) electrons. The van der Waals surface area contributed by atoms with Gasteiger partial charge in [0.25, 0.3) is 11.1 Å². The van der Waals surface area contributed by atoms with Crippen molar-refractivity contribution in [3.63, 3.8) is 0 Å². The van der Waals surface area contributed by atoms with Gasteiger partial charge >= 0.3 is 35.0 Å². The van der Waals surface area contributed by atoms with Gasteiger partial charge in [0.1, 0.15) is 74.2 Å². The summed E-state index contributed by atoms with van der Waals surface area (Å²) < 4.78 is 51.3. The number of aromatic amines is 2. The van der Waals surface area contributed by atoms with Gasteiger partial charge in [-0.15, -0.1) is 11.8 Å². The first-order valence-corrected chi connectivity index (χ1v) is 21.1. The summed E-state index contributed by atoms with van der Waals surface area (Å²) >= 11 is 1.22. The summed E-state index contributed by atoms with van der Waals surface area (Å²) in [4.78, 5) is 123. The van der Waals surface area contributed by atoms with Gasteiger partial charge in [-0.25, -0.2) is 23.6 Å². The van der Waals surface area contributed by atoms with Gasteiger partial charge in [-0.05, 0) is 31.9 Å². The molecule has 26 nitrogen and oxygen atoms in total. The Bertz CT molecular complexity index is 2630. The molecule has 3 saturated heterocycles. The molecule has 3 fully saturated rings. The van der Waals surface area contributed by atoms with Crippen molar-refractivity contribution in [2.24, 2.45) is 5.11 Å². The molecule has 0 aliphatic carbocycles. The van der Waals surface area contributed by atoms with E-state index >= 15 is 0 Å². The van der Waals surface area contributed by atoms with Crippen LogP contribution in [0.5, 0.6) is 0 Å². The number of esters is 3. The standard InChI is InChI=1S/C37H44FN11O15S/c1-17-11-48(36(57)43-32(17)53)26-9-19(38)22(62-26)13-59-30(52)6-4-25(50)41-20(34(55)61-15-31-64-28(16-65-31)47-8-7-24(39)42-35(47)56)3-5-29(51)60-14-23-21(45-46-40)10-27(63-23)49-12-18(2)33(54)44-37(49)58/h7-8,11-12,19-23,26-28,31H,3-6,9-10,13-16H2,1-2H3,(H,41,50)(H2,39,42,56)(H,43,53,57)(H,44,54,58)/t19-,20?,21-,22+,23+,26+,27+,28-,31+/m0/s1. The normalized spacial score (nSPS) is 24.2. The zero-order valence-corrected chi connectivity index (χ0v) is 35.5. The topological polar surface area (TPSA) is 355 Å². The molecule has 1 unspecified atom stereocenters. The summed E-state index contributed by atoms with van der Waals surface area (Å²) in [5, 5.41) is 6.11. The number of rotatable bonds is 18. The summed E-state index contributed by atoms with van der Waals surface area (Å²) in [5.41, 5.74) is 10.9. The average molecular weight is 934 g/mol. The van der Waals surface area contributed by atoms with Gasteiger partial charge in [0, 0.05) is 66.1 Å². The van der Waals surface area contributed by atoms with Gasteiger partial charge in [-0.3, -0.25) is 47.6 Å². The monoisotopic (exact) mass is 933 g/mol. The number of nitrogens with zero attached hydrogens (tertiary/aromatic N) is 7. The quantitative estimate of drug-likeness (QED) is 0.0407. The Kier molecular flexibility index (Phi) is 15.7. The fourth-order valence-electron chi connectivity index (χ4n) is 6.89. The number of carbonyl (C=O) groups is 4. The van der Waals surface area contributed by atoms with Crippen LogP contribution in [-0.4, -0.2) is 114 Å². The van der Waals surface area contributed by atoms with Crippen LogP contribution in [0.4, 0.5) is 10.2 Å². The second-order valence-corrected chi connectivity index (χ2v) is 16.2. The number of nitrogen functional groups attached to an aromatic ring is 1. The number of H-pyrrole nitrogens is 2. The van der Waals surface area contributed by atoms with Gasteiger partial charge in [0.2, 0.25) is 5.91 Å². The van der Waals surface area contributed by atoms with E-state index in [1.807, 2.05) is 0 Å². The van der Waals surface area contributed by atoms with Crippen molar-refractivity contribution in [3.05, 3.63) is 98.4 Å². The molecule has 0 aromatic carbocycles. The van der Waals surface area contributed by atoms with Crippen molar-refractivity contribution in [1.82, 2.24) is 34.0 Å². The number of aromatic nitrogens is 6. The number of carbonyl (C=O) groups excluding carboxylic acids is 4. The Hall–Kier alpha value is -6.61. The van der Waals surface area contributed by atoms with Crippen molar-refractivity contribution in [2.45, 2.75) is 107 Å². The van der Waals surface area contributed by atoms with Crippen molar-refractivity contribution >= 4 is 41.4 Å². The molecule has 28 heteroatoms. The maximum atomic E-state index is 14.8. The van der Waals surface area contributed by atoms with E-state index in [-0.39, 0.29) is 48.6 Å². The lowest BCUT2D eigenvalue weighted by Gasteiger charge is -2.20. The number of alkyl halides is 1. The lowest BCUT2D eigenvalue weighted by molar-refractivity contribution is -0.153. The number of halogens is 1. The van der Waals surface area contributed by atoms with Crippen LogP contribution < -0.4 is 39.2 Å². The van der Waals surface area contributed by atoms with E-state index in [1.54, 1.807) is 0 Å². The van der Waals surface area contributed by atoms with E-state index < -0.39 is 139 Å². The van der Waals surface area contributed by atoms with E-state index in [1.165, 1.54) is 54.8 Å². The molecule has 3 aliphatic rings. The number of nitrogens with two attached hydrogens (primary N) is 1. The molecule has 6 rings (SSSR count). The Labute approximate surface area is 368 Å². The molecule has 3 aromatic rings. The molecule has 9 atom stereocenters. The number of anilines is 1. The van der Waals surface area contributed by atoms with E-state index in [0.717, 1.165) is 9.13 Å². The second-order valence-electron chi connectivity index (χ2n) is 15.0. The largest absolute Gasteiger partial charge is 0.463 e. The van der Waals surface area contributed by atoms with Crippen LogP contribution in [0.15, 0.2) is 53.7 Å². The maximum Gasteiger partial charge on any atom is 0.351 e. The van der Waals surface area contributed by atoms with Crippen LogP contribution in [0.2, 0.25) is 0 Å². The third kappa shape index (κ3) is 12.4. The van der Waals surface area contributed by atoms with Crippen LogP contribution in [0.25, 0.3) is 10.4 Å². The zero-order chi connectivity index (χ0) is 46.9. The Morgan fingerprint density at radius 1 is 0.892 bits per heavy atom. The lowest BCUT2D eigenvalue weighted by Crippen LogP contribution is -2.43. The molecular formula is C37H44FN11O15S. The summed E-state index contributed by atoms with van der Waals surface area (Å²) in [6.07, 6.45) is -4.91. The highest BCUT2D eigenvalue weighted by molar-refractivity contribution is 8.00. The number of nitrogens with one attached hydrogen (secondary N) is 3. The van der Waals surface area contributed by atoms with Crippen molar-refractivity contribution in [3.8, 4) is 0 Å². The summed E-state index contributed by atoms with van der Waals surface area (Å²) in [7, 11) is 0. The molecule has 3 aliphatic heterocycles. The van der Waals surface area contributed by atoms with E-state index in [2.05, 4.69) is 30.3 Å². The third-order valence-corrected chi connectivity index (χ3v) is 11.5. The van der Waals surface area contributed by atoms with Gasteiger partial charge in [0.05, 0.1) is 12.5 Å². The van der Waals surface area contributed by atoms with Crippen LogP contribution >= 0.6 is 11.8 Å². The highest BCUT2D eigenvalue weighted by Crippen LogP contribution is 2.33. The molecule has 1 amide bonds. The van der Waals surface area contributed by atoms with Crippen LogP contribution in [0, 0.1) is 13.8 Å². The average Bonchev–Trinajstić information content (AvgIpc) is 4.00. The van der Waals surface area contributed by atoms with Crippen molar-refractivity contribution in [2.75, 3.05) is 31.3 Å². The molecule has 350 valence electrons. The predicted molar refractivity (Wildman–Crippen MR) is 220 cm³/mol. The summed E-state index contributed by atoms with van der Waals surface area (Å²) in [6.45, 7) is 1.60. The number of azide groups is 1. The Morgan fingerprint density at radius 2 is 1.51 bits per heavy atom. The molecule has 65 heavy (non-hydrogen) atoms. The van der Waals surface area contributed by atoms with E-state index in [9.17, 15) is 47.5 Å². The molecule has 6 heterocycles. The van der Waals surface area contributed by atoms with Crippen molar-refractivity contribution in [1.29, 1.82) is 0 Å². The Morgan fingerprint density at radius 3 is 2.15 bits per heavy atom.